The van der Waals surface area contributed by atoms with E-state index < -0.39 is 23.3 Å². The molecule has 0 aliphatic heterocycles. The molecule has 0 bridgehead atoms. The second-order valence-electron chi connectivity index (χ2n) is 6.83. The number of aromatic nitrogens is 3. The number of hydrogen-bond acceptors (Lipinski definition) is 5. The number of rotatable bonds is 9. The van der Waals surface area contributed by atoms with E-state index in [2.05, 4.69) is 20.3 Å². The molecule has 0 unspecified atom stereocenters. The summed E-state index contributed by atoms with van der Waals surface area (Å²) in [5.74, 6) is -0.794. The summed E-state index contributed by atoms with van der Waals surface area (Å²) in [6.07, 6.45) is -3.16. The van der Waals surface area contributed by atoms with Gasteiger partial charge in [0.25, 0.3) is 5.91 Å². The van der Waals surface area contributed by atoms with Crippen LogP contribution >= 0.6 is 11.3 Å². The van der Waals surface area contributed by atoms with Crippen LogP contribution in [0, 0.1) is 0 Å². The molecule has 6 nitrogen and oxygen atoms in total. The first-order chi connectivity index (χ1) is 14.8. The van der Waals surface area contributed by atoms with E-state index in [1.165, 1.54) is 0 Å². The first-order valence-corrected chi connectivity index (χ1v) is 10.9. The number of carbonyl (C=O) groups is 1. The van der Waals surface area contributed by atoms with Crippen molar-refractivity contribution in [3.8, 4) is 16.4 Å². The van der Waals surface area contributed by atoms with Gasteiger partial charge in [0.15, 0.2) is 5.69 Å². The first kappa shape index (κ1) is 23.0. The van der Waals surface area contributed by atoms with Crippen LogP contribution in [-0.4, -0.2) is 51.8 Å². The maximum absolute atomic E-state index is 13.8. The summed E-state index contributed by atoms with van der Waals surface area (Å²) >= 11 is 1.03. The topological polar surface area (TPSA) is 63.1 Å². The third kappa shape index (κ3) is 5.50. The molecule has 1 N–H and O–H groups in total. The van der Waals surface area contributed by atoms with Crippen molar-refractivity contribution in [2.75, 3.05) is 26.2 Å². The number of hydrogen-bond donors (Lipinski definition) is 1. The lowest BCUT2D eigenvalue weighted by Gasteiger charge is -2.17. The zero-order valence-electron chi connectivity index (χ0n) is 17.3. The van der Waals surface area contributed by atoms with Gasteiger partial charge in [-0.2, -0.15) is 18.3 Å². The lowest BCUT2D eigenvalue weighted by molar-refractivity contribution is -0.143. The van der Waals surface area contributed by atoms with Gasteiger partial charge in [0.1, 0.15) is 0 Å². The summed E-state index contributed by atoms with van der Waals surface area (Å²) in [7, 11) is 0. The molecule has 0 fully saturated rings. The number of amides is 1. The number of nitrogens with one attached hydrogen (secondary N) is 1. The fourth-order valence-corrected chi connectivity index (χ4v) is 3.97. The first-order valence-electron chi connectivity index (χ1n) is 10.0. The quantitative estimate of drug-likeness (QED) is 0.488. The van der Waals surface area contributed by atoms with Crippen LogP contribution in [0.1, 0.15) is 36.3 Å². The molecule has 0 saturated heterocycles. The van der Waals surface area contributed by atoms with Crippen LogP contribution in [-0.2, 0) is 6.18 Å². The number of alkyl halides is 3. The maximum Gasteiger partial charge on any atom is 0.434 e. The van der Waals surface area contributed by atoms with Gasteiger partial charge in [-0.1, -0.05) is 44.2 Å². The third-order valence-corrected chi connectivity index (χ3v) is 5.67. The van der Waals surface area contributed by atoms with E-state index in [4.69, 9.17) is 0 Å². The molecular weight excluding hydrogens is 427 g/mol. The van der Waals surface area contributed by atoms with E-state index in [0.717, 1.165) is 42.7 Å². The standard InChI is InChI=1S/C21H24F3N5OS/c1-3-28(4-2)12-8-11-25-19(30)16-13-26-29(18(16)21(22,23)24)20-27-17(14-31-20)15-9-6-5-7-10-15/h5-7,9-10,13-14H,3-4,8,11-12H2,1-2H3,(H,25,30). The van der Waals surface area contributed by atoms with Crippen LogP contribution in [0.2, 0.25) is 0 Å². The summed E-state index contributed by atoms with van der Waals surface area (Å²) in [4.78, 5) is 18.9. The third-order valence-electron chi connectivity index (χ3n) is 4.86. The number of nitrogens with zero attached hydrogens (tertiary/aromatic N) is 4. The predicted molar refractivity (Wildman–Crippen MR) is 114 cm³/mol. The van der Waals surface area contributed by atoms with Crippen molar-refractivity contribution in [3.05, 3.63) is 53.2 Å². The molecule has 0 spiro atoms. The number of benzene rings is 1. The fourth-order valence-electron chi connectivity index (χ4n) is 3.18. The Morgan fingerprint density at radius 3 is 2.55 bits per heavy atom. The lowest BCUT2D eigenvalue weighted by Crippen LogP contribution is -2.31. The Balaban J connectivity index is 1.80. The largest absolute Gasteiger partial charge is 0.434 e. The van der Waals surface area contributed by atoms with Crippen molar-refractivity contribution in [2.45, 2.75) is 26.4 Å². The van der Waals surface area contributed by atoms with E-state index in [1.807, 2.05) is 44.2 Å². The SMILES string of the molecule is CCN(CC)CCCNC(=O)c1cnn(-c2nc(-c3ccccc3)cs2)c1C(F)(F)F. The van der Waals surface area contributed by atoms with Gasteiger partial charge in [-0.05, 0) is 26.1 Å². The molecule has 3 rings (SSSR count). The Hall–Kier alpha value is -2.72. The fraction of sp³-hybridized carbons (Fsp3) is 0.381. The van der Waals surface area contributed by atoms with Gasteiger partial charge >= 0.3 is 6.18 Å². The minimum Gasteiger partial charge on any atom is -0.352 e. The highest BCUT2D eigenvalue weighted by Crippen LogP contribution is 2.35. The molecule has 2 heterocycles. The molecule has 0 saturated carbocycles. The summed E-state index contributed by atoms with van der Waals surface area (Å²) in [6.45, 7) is 6.89. The molecule has 10 heteroatoms. The smallest absolute Gasteiger partial charge is 0.352 e. The summed E-state index contributed by atoms with van der Waals surface area (Å²) in [6, 6.07) is 9.14. The predicted octanol–water partition coefficient (Wildman–Crippen LogP) is 4.48. The van der Waals surface area contributed by atoms with E-state index in [1.54, 1.807) is 5.38 Å². The van der Waals surface area contributed by atoms with Crippen molar-refractivity contribution in [3.63, 3.8) is 0 Å². The van der Waals surface area contributed by atoms with Gasteiger partial charge in [-0.15, -0.1) is 11.3 Å². The van der Waals surface area contributed by atoms with E-state index in [0.29, 0.717) is 16.8 Å². The molecule has 166 valence electrons. The Bertz CT molecular complexity index is 996. The second-order valence-corrected chi connectivity index (χ2v) is 7.67. The second kappa shape index (κ2) is 10.1. The normalized spacial score (nSPS) is 11.8. The Morgan fingerprint density at radius 2 is 1.90 bits per heavy atom. The maximum atomic E-state index is 13.8. The van der Waals surface area contributed by atoms with Crippen molar-refractivity contribution in [1.29, 1.82) is 0 Å². The van der Waals surface area contributed by atoms with Crippen molar-refractivity contribution in [1.82, 2.24) is 25.0 Å². The highest BCUT2D eigenvalue weighted by atomic mass is 32.1. The van der Waals surface area contributed by atoms with Gasteiger partial charge in [0.2, 0.25) is 5.13 Å². The van der Waals surface area contributed by atoms with Crippen LogP contribution < -0.4 is 5.32 Å². The summed E-state index contributed by atoms with van der Waals surface area (Å²) in [5.41, 5.74) is -0.294. The van der Waals surface area contributed by atoms with Crippen LogP contribution in [0.25, 0.3) is 16.4 Å². The minimum atomic E-state index is -4.76. The molecule has 1 amide bonds. The highest BCUT2D eigenvalue weighted by molar-refractivity contribution is 7.12. The highest BCUT2D eigenvalue weighted by Gasteiger charge is 2.41. The Kier molecular flexibility index (Phi) is 7.45. The van der Waals surface area contributed by atoms with Crippen molar-refractivity contribution < 1.29 is 18.0 Å². The van der Waals surface area contributed by atoms with Gasteiger partial charge in [0.05, 0.1) is 17.5 Å². The molecule has 31 heavy (non-hydrogen) atoms. The molecule has 1 aromatic carbocycles. The van der Waals surface area contributed by atoms with Crippen molar-refractivity contribution in [2.24, 2.45) is 0 Å². The molecule has 0 aliphatic carbocycles. The Morgan fingerprint density at radius 1 is 1.19 bits per heavy atom. The Labute approximate surface area is 182 Å². The van der Waals surface area contributed by atoms with Gasteiger partial charge in [-0.25, -0.2) is 9.67 Å². The van der Waals surface area contributed by atoms with Gasteiger partial charge < -0.3 is 10.2 Å². The van der Waals surface area contributed by atoms with Crippen LogP contribution in [0.4, 0.5) is 13.2 Å². The average Bonchev–Trinajstić information content (AvgIpc) is 3.41. The zero-order valence-corrected chi connectivity index (χ0v) is 18.1. The van der Waals surface area contributed by atoms with Gasteiger partial charge in [0, 0.05) is 17.5 Å². The molecular formula is C21H24F3N5OS. The summed E-state index contributed by atoms with van der Waals surface area (Å²) < 4.78 is 42.2. The minimum absolute atomic E-state index is 0.0479. The zero-order chi connectivity index (χ0) is 22.4. The van der Waals surface area contributed by atoms with E-state index >= 15 is 0 Å². The van der Waals surface area contributed by atoms with Crippen LogP contribution in [0.5, 0.6) is 0 Å². The molecule has 2 aromatic heterocycles. The van der Waals surface area contributed by atoms with E-state index in [9.17, 15) is 18.0 Å². The van der Waals surface area contributed by atoms with E-state index in [-0.39, 0.29) is 11.7 Å². The molecule has 0 aliphatic rings. The summed E-state index contributed by atoms with van der Waals surface area (Å²) in [5, 5.41) is 8.13. The monoisotopic (exact) mass is 451 g/mol. The van der Waals surface area contributed by atoms with Crippen LogP contribution in [0.3, 0.4) is 0 Å². The number of carbonyl (C=O) groups excluding carboxylic acids is 1. The van der Waals surface area contributed by atoms with Gasteiger partial charge in [-0.3, -0.25) is 4.79 Å². The number of thiazole rings is 1. The molecule has 0 atom stereocenters. The number of halogens is 3. The molecule has 3 aromatic rings. The molecule has 0 radical (unpaired) electrons. The lowest BCUT2D eigenvalue weighted by atomic mass is 10.2. The van der Waals surface area contributed by atoms with Crippen LogP contribution in [0.15, 0.2) is 41.9 Å². The average molecular weight is 452 g/mol. The van der Waals surface area contributed by atoms with Crippen molar-refractivity contribution >= 4 is 17.2 Å².